The Labute approximate surface area is 161 Å². The SMILES string of the molecule is CN=C(NCCNC(=O)c1ccc(C)c(F)c1)NCC1(CCOC)CCC1. The third-order valence-electron chi connectivity index (χ3n) is 5.24. The van der Waals surface area contributed by atoms with Crippen molar-refractivity contribution < 1.29 is 13.9 Å². The number of methoxy groups -OCH3 is 1. The molecule has 0 bridgehead atoms. The number of hydrogen-bond donors (Lipinski definition) is 3. The number of nitrogens with zero attached hydrogens (tertiary/aromatic N) is 1. The molecule has 1 aliphatic rings. The van der Waals surface area contributed by atoms with E-state index in [0.29, 0.717) is 35.6 Å². The first-order valence-corrected chi connectivity index (χ1v) is 9.47. The quantitative estimate of drug-likeness (QED) is 0.350. The molecule has 7 heteroatoms. The summed E-state index contributed by atoms with van der Waals surface area (Å²) in [4.78, 5) is 16.3. The smallest absolute Gasteiger partial charge is 0.251 e. The number of carbonyl (C=O) groups excluding carboxylic acids is 1. The number of aryl methyl sites for hydroxylation is 1. The molecule has 0 aromatic heterocycles. The summed E-state index contributed by atoms with van der Waals surface area (Å²) in [7, 11) is 3.46. The molecule has 6 nitrogen and oxygen atoms in total. The van der Waals surface area contributed by atoms with Crippen molar-refractivity contribution in [3.63, 3.8) is 0 Å². The van der Waals surface area contributed by atoms with Gasteiger partial charge in [0.1, 0.15) is 5.82 Å². The minimum atomic E-state index is -0.372. The van der Waals surface area contributed by atoms with Crippen molar-refractivity contribution in [1.82, 2.24) is 16.0 Å². The van der Waals surface area contributed by atoms with Crippen LogP contribution in [0.15, 0.2) is 23.2 Å². The van der Waals surface area contributed by atoms with Crippen LogP contribution >= 0.6 is 0 Å². The second-order valence-corrected chi connectivity index (χ2v) is 7.17. The lowest BCUT2D eigenvalue weighted by atomic mass is 9.67. The molecule has 0 unspecified atom stereocenters. The average Bonchev–Trinajstić information content (AvgIpc) is 2.64. The molecule has 3 N–H and O–H groups in total. The third-order valence-corrected chi connectivity index (χ3v) is 5.24. The van der Waals surface area contributed by atoms with Gasteiger partial charge in [0.05, 0.1) is 0 Å². The number of ether oxygens (including phenoxy) is 1. The Morgan fingerprint density at radius 2 is 2.00 bits per heavy atom. The lowest BCUT2D eigenvalue weighted by Gasteiger charge is -2.42. The second-order valence-electron chi connectivity index (χ2n) is 7.17. The van der Waals surface area contributed by atoms with Gasteiger partial charge in [0, 0.05) is 46.0 Å². The number of carbonyl (C=O) groups is 1. The minimum absolute atomic E-state index is 0.286. The Hall–Kier alpha value is -2.15. The summed E-state index contributed by atoms with van der Waals surface area (Å²) in [5.74, 6) is 0.0599. The van der Waals surface area contributed by atoms with Crippen LogP contribution in [0.4, 0.5) is 4.39 Å². The Morgan fingerprint density at radius 1 is 1.26 bits per heavy atom. The summed E-state index contributed by atoms with van der Waals surface area (Å²) in [6.45, 7) is 4.27. The van der Waals surface area contributed by atoms with Crippen LogP contribution in [-0.2, 0) is 4.74 Å². The number of aliphatic imine (C=N–C) groups is 1. The van der Waals surface area contributed by atoms with Gasteiger partial charge in [-0.25, -0.2) is 4.39 Å². The first-order chi connectivity index (χ1) is 13.0. The van der Waals surface area contributed by atoms with Crippen LogP contribution in [-0.4, -0.2) is 52.3 Å². The predicted molar refractivity (Wildman–Crippen MR) is 106 cm³/mol. The summed E-state index contributed by atoms with van der Waals surface area (Å²) < 4.78 is 18.8. The molecule has 1 amide bonds. The fraction of sp³-hybridized carbons (Fsp3) is 0.600. The van der Waals surface area contributed by atoms with Crippen molar-refractivity contribution in [2.75, 3.05) is 40.4 Å². The lowest BCUT2D eigenvalue weighted by Crippen LogP contribution is -2.48. The van der Waals surface area contributed by atoms with Crippen LogP contribution in [0.5, 0.6) is 0 Å². The number of nitrogens with one attached hydrogen (secondary N) is 3. The largest absolute Gasteiger partial charge is 0.385 e. The highest BCUT2D eigenvalue weighted by atomic mass is 19.1. The molecule has 0 aliphatic heterocycles. The van der Waals surface area contributed by atoms with Crippen molar-refractivity contribution in [3.8, 4) is 0 Å². The Bertz CT molecular complexity index is 659. The van der Waals surface area contributed by atoms with E-state index < -0.39 is 0 Å². The Morgan fingerprint density at radius 3 is 2.59 bits per heavy atom. The third kappa shape index (κ3) is 6.20. The van der Waals surface area contributed by atoms with Crippen LogP contribution < -0.4 is 16.0 Å². The van der Waals surface area contributed by atoms with Gasteiger partial charge in [-0.1, -0.05) is 12.5 Å². The first-order valence-electron chi connectivity index (χ1n) is 9.47. The van der Waals surface area contributed by atoms with E-state index in [9.17, 15) is 9.18 Å². The summed E-state index contributed by atoms with van der Waals surface area (Å²) >= 11 is 0. The van der Waals surface area contributed by atoms with Crippen LogP contribution in [0.1, 0.15) is 41.6 Å². The standard InChI is InChI=1S/C20H31FN4O2/c1-15-5-6-16(13-17(15)21)18(26)23-10-11-24-19(22-2)25-14-20(7-4-8-20)9-12-27-3/h5-6,13H,4,7-12,14H2,1-3H3,(H,23,26)(H2,22,24,25). The van der Waals surface area contributed by atoms with Crippen molar-refractivity contribution >= 4 is 11.9 Å². The molecular formula is C20H31FN4O2. The number of benzene rings is 1. The van der Waals surface area contributed by atoms with Crippen molar-refractivity contribution in [2.45, 2.75) is 32.6 Å². The van der Waals surface area contributed by atoms with Gasteiger partial charge in [0.15, 0.2) is 5.96 Å². The highest BCUT2D eigenvalue weighted by Crippen LogP contribution is 2.43. The Balaban J connectivity index is 1.70. The maximum absolute atomic E-state index is 13.5. The summed E-state index contributed by atoms with van der Waals surface area (Å²) in [5.41, 5.74) is 1.15. The van der Waals surface area contributed by atoms with Gasteiger partial charge in [0.25, 0.3) is 5.91 Å². The van der Waals surface area contributed by atoms with E-state index in [0.717, 1.165) is 19.6 Å². The molecule has 1 saturated carbocycles. The molecule has 0 saturated heterocycles. The number of guanidine groups is 1. The zero-order valence-corrected chi connectivity index (χ0v) is 16.5. The molecule has 0 heterocycles. The minimum Gasteiger partial charge on any atom is -0.385 e. The zero-order valence-electron chi connectivity index (χ0n) is 16.5. The summed E-state index contributed by atoms with van der Waals surface area (Å²) in [5, 5.41) is 9.35. The maximum Gasteiger partial charge on any atom is 0.251 e. The lowest BCUT2D eigenvalue weighted by molar-refractivity contribution is 0.0732. The van der Waals surface area contributed by atoms with Gasteiger partial charge in [-0.05, 0) is 49.3 Å². The molecule has 0 radical (unpaired) electrons. The molecule has 150 valence electrons. The van der Waals surface area contributed by atoms with Crippen LogP contribution in [0, 0.1) is 18.2 Å². The van der Waals surface area contributed by atoms with Gasteiger partial charge >= 0.3 is 0 Å². The zero-order chi connectivity index (χ0) is 19.7. The van der Waals surface area contributed by atoms with Crippen molar-refractivity contribution in [1.29, 1.82) is 0 Å². The van der Waals surface area contributed by atoms with E-state index in [1.165, 1.54) is 25.3 Å². The van der Waals surface area contributed by atoms with Gasteiger partial charge in [-0.3, -0.25) is 9.79 Å². The molecule has 1 aromatic carbocycles. The highest BCUT2D eigenvalue weighted by Gasteiger charge is 2.36. The van der Waals surface area contributed by atoms with Crippen LogP contribution in [0.3, 0.4) is 0 Å². The molecule has 1 aromatic rings. The van der Waals surface area contributed by atoms with E-state index in [-0.39, 0.29) is 11.7 Å². The summed E-state index contributed by atoms with van der Waals surface area (Å²) in [6, 6.07) is 4.49. The van der Waals surface area contributed by atoms with Crippen molar-refractivity contribution in [2.24, 2.45) is 10.4 Å². The monoisotopic (exact) mass is 378 g/mol. The molecule has 1 aliphatic carbocycles. The van der Waals surface area contributed by atoms with Crippen LogP contribution in [0.25, 0.3) is 0 Å². The predicted octanol–water partition coefficient (Wildman–Crippen LogP) is 2.24. The fourth-order valence-corrected chi connectivity index (χ4v) is 3.20. The van der Waals surface area contributed by atoms with E-state index >= 15 is 0 Å². The number of halogens is 1. The maximum atomic E-state index is 13.5. The summed E-state index contributed by atoms with van der Waals surface area (Å²) in [6.07, 6.45) is 4.74. The number of amides is 1. The highest BCUT2D eigenvalue weighted by molar-refractivity contribution is 5.94. The Kier molecular flexibility index (Phi) is 8.03. The molecule has 0 spiro atoms. The molecule has 0 atom stereocenters. The number of rotatable bonds is 9. The van der Waals surface area contributed by atoms with Gasteiger partial charge in [-0.2, -0.15) is 0 Å². The molecule has 2 rings (SSSR count). The van der Waals surface area contributed by atoms with Gasteiger partial charge < -0.3 is 20.7 Å². The normalized spacial score (nSPS) is 15.8. The fourth-order valence-electron chi connectivity index (χ4n) is 3.20. The topological polar surface area (TPSA) is 74.8 Å². The van der Waals surface area contributed by atoms with Crippen LogP contribution in [0.2, 0.25) is 0 Å². The second kappa shape index (κ2) is 10.3. The molecule has 27 heavy (non-hydrogen) atoms. The average molecular weight is 378 g/mol. The van der Waals surface area contributed by atoms with E-state index in [1.807, 2.05) is 0 Å². The van der Waals surface area contributed by atoms with E-state index in [2.05, 4.69) is 20.9 Å². The van der Waals surface area contributed by atoms with E-state index in [1.54, 1.807) is 33.2 Å². The van der Waals surface area contributed by atoms with Gasteiger partial charge in [0.2, 0.25) is 0 Å². The first kappa shape index (κ1) is 21.2. The van der Waals surface area contributed by atoms with E-state index in [4.69, 9.17) is 4.74 Å². The molecule has 1 fully saturated rings. The van der Waals surface area contributed by atoms with Gasteiger partial charge in [-0.15, -0.1) is 0 Å². The van der Waals surface area contributed by atoms with Crippen molar-refractivity contribution in [3.05, 3.63) is 35.1 Å². The molecular weight excluding hydrogens is 347 g/mol. The number of hydrogen-bond acceptors (Lipinski definition) is 3.